The molecule has 1 fully saturated rings. The van der Waals surface area contributed by atoms with E-state index in [-0.39, 0.29) is 29.5 Å². The van der Waals surface area contributed by atoms with Gasteiger partial charge in [-0.05, 0) is 68.0 Å². The van der Waals surface area contributed by atoms with E-state index < -0.39 is 11.8 Å². The highest BCUT2D eigenvalue weighted by Crippen LogP contribution is 2.47. The fourth-order valence-electron chi connectivity index (χ4n) is 5.57. The van der Waals surface area contributed by atoms with Gasteiger partial charge in [0.15, 0.2) is 0 Å². The Morgan fingerprint density at radius 2 is 1.79 bits per heavy atom. The van der Waals surface area contributed by atoms with E-state index in [9.17, 15) is 14.7 Å². The number of Topliss-reactive ketones (excluding diaryl/α,β-unsaturated/α-hetero) is 1. The number of ether oxygens (including phenoxy) is 1. The number of phenolic OH excluding ortho intramolecular Hbond substituents is 1. The van der Waals surface area contributed by atoms with E-state index in [0.717, 1.165) is 42.5 Å². The van der Waals surface area contributed by atoms with Gasteiger partial charge in [-0.1, -0.05) is 41.9 Å². The monoisotopic (exact) mass is 477 g/mol. The van der Waals surface area contributed by atoms with Crippen LogP contribution in [0.4, 0.5) is 0 Å². The van der Waals surface area contributed by atoms with Crippen LogP contribution in [0.5, 0.6) is 5.75 Å². The highest BCUT2D eigenvalue weighted by molar-refractivity contribution is 6.30. The van der Waals surface area contributed by atoms with Gasteiger partial charge in [0.1, 0.15) is 17.6 Å². The SMILES string of the molecule is CC1=C(C(=O)OC2CCCC2)C(c2cccc(O)c2)C2C(=O)CC(c3ccc(Cl)cc3)C=C2N1. The number of hydrogen-bond acceptors (Lipinski definition) is 5. The predicted molar refractivity (Wildman–Crippen MR) is 130 cm³/mol. The molecule has 1 heterocycles. The fourth-order valence-corrected chi connectivity index (χ4v) is 5.69. The molecule has 0 bridgehead atoms. The summed E-state index contributed by atoms with van der Waals surface area (Å²) in [4.78, 5) is 27.0. The van der Waals surface area contributed by atoms with E-state index in [1.54, 1.807) is 18.2 Å². The largest absolute Gasteiger partial charge is 0.508 e. The highest BCUT2D eigenvalue weighted by Gasteiger charge is 2.45. The summed E-state index contributed by atoms with van der Waals surface area (Å²) in [7, 11) is 0. The van der Waals surface area contributed by atoms with Crippen molar-refractivity contribution in [2.45, 2.75) is 57.0 Å². The van der Waals surface area contributed by atoms with Crippen LogP contribution in [0.1, 0.15) is 62.0 Å². The number of carbonyl (C=O) groups is 2. The quantitative estimate of drug-likeness (QED) is 0.548. The summed E-state index contributed by atoms with van der Waals surface area (Å²) in [5.74, 6) is -1.36. The molecule has 5 nitrogen and oxygen atoms in total. The van der Waals surface area contributed by atoms with Crippen LogP contribution in [0.2, 0.25) is 5.02 Å². The third-order valence-electron chi connectivity index (χ3n) is 7.19. The molecule has 34 heavy (non-hydrogen) atoms. The topological polar surface area (TPSA) is 75.6 Å². The maximum atomic E-state index is 13.6. The van der Waals surface area contributed by atoms with Crippen LogP contribution in [-0.4, -0.2) is 23.0 Å². The minimum atomic E-state index is -0.542. The molecule has 0 radical (unpaired) electrons. The molecule has 0 aromatic heterocycles. The van der Waals surface area contributed by atoms with Gasteiger partial charge in [0.2, 0.25) is 0 Å². The minimum absolute atomic E-state index is 0.0527. The second-order valence-electron chi connectivity index (χ2n) is 9.48. The smallest absolute Gasteiger partial charge is 0.336 e. The first-order chi connectivity index (χ1) is 16.4. The van der Waals surface area contributed by atoms with Crippen molar-refractivity contribution in [2.24, 2.45) is 5.92 Å². The average molecular weight is 478 g/mol. The summed E-state index contributed by atoms with van der Waals surface area (Å²) >= 11 is 6.05. The summed E-state index contributed by atoms with van der Waals surface area (Å²) in [6, 6.07) is 14.4. The second-order valence-corrected chi connectivity index (χ2v) is 9.91. The number of aromatic hydroxyl groups is 1. The molecule has 1 saturated carbocycles. The Balaban J connectivity index is 1.56. The summed E-state index contributed by atoms with van der Waals surface area (Å²) in [6.07, 6.45) is 6.21. The molecule has 0 amide bonds. The minimum Gasteiger partial charge on any atom is -0.508 e. The first-order valence-corrected chi connectivity index (χ1v) is 12.3. The van der Waals surface area contributed by atoms with Crippen LogP contribution in [0, 0.1) is 5.92 Å². The number of rotatable bonds is 4. The molecule has 2 aromatic carbocycles. The number of benzene rings is 2. The molecule has 5 rings (SSSR count). The van der Waals surface area contributed by atoms with Gasteiger partial charge < -0.3 is 15.2 Å². The number of fused-ring (bicyclic) bond motifs is 1. The molecule has 3 unspecified atom stereocenters. The molecule has 2 aliphatic carbocycles. The van der Waals surface area contributed by atoms with Crippen molar-refractivity contribution in [3.63, 3.8) is 0 Å². The van der Waals surface area contributed by atoms with E-state index in [1.165, 1.54) is 0 Å². The number of hydrogen-bond donors (Lipinski definition) is 2. The number of carbonyl (C=O) groups excluding carboxylic acids is 2. The summed E-state index contributed by atoms with van der Waals surface area (Å²) in [6.45, 7) is 1.86. The zero-order valence-electron chi connectivity index (χ0n) is 19.1. The number of phenols is 1. The van der Waals surface area contributed by atoms with Gasteiger partial charge in [-0.15, -0.1) is 0 Å². The zero-order chi connectivity index (χ0) is 23.8. The number of halogens is 1. The normalized spacial score (nSPS) is 24.9. The Hall–Kier alpha value is -3.05. The first-order valence-electron chi connectivity index (χ1n) is 11.9. The van der Waals surface area contributed by atoms with Gasteiger partial charge in [0.05, 0.1) is 11.5 Å². The van der Waals surface area contributed by atoms with Gasteiger partial charge in [0, 0.05) is 34.7 Å². The summed E-state index contributed by atoms with van der Waals surface area (Å²) in [5, 5.41) is 14.2. The van der Waals surface area contributed by atoms with Crippen molar-refractivity contribution in [1.82, 2.24) is 5.32 Å². The van der Waals surface area contributed by atoms with E-state index in [1.807, 2.05) is 37.3 Å². The van der Waals surface area contributed by atoms with Crippen LogP contribution >= 0.6 is 11.6 Å². The van der Waals surface area contributed by atoms with Crippen molar-refractivity contribution in [2.75, 3.05) is 0 Å². The van der Waals surface area contributed by atoms with Crippen molar-refractivity contribution in [3.05, 3.63) is 87.7 Å². The Bertz CT molecular complexity index is 1180. The maximum absolute atomic E-state index is 13.6. The van der Waals surface area contributed by atoms with Crippen molar-refractivity contribution >= 4 is 23.4 Å². The zero-order valence-corrected chi connectivity index (χ0v) is 19.8. The number of ketones is 1. The fraction of sp³-hybridized carbons (Fsp3) is 0.357. The Kier molecular flexibility index (Phi) is 6.22. The lowest BCUT2D eigenvalue weighted by Crippen LogP contribution is -2.42. The molecule has 1 aliphatic heterocycles. The molecular weight excluding hydrogens is 450 g/mol. The van der Waals surface area contributed by atoms with Gasteiger partial charge in [-0.3, -0.25) is 4.79 Å². The van der Waals surface area contributed by atoms with Crippen LogP contribution in [0.15, 0.2) is 71.6 Å². The molecular formula is C28H28ClNO4. The number of esters is 1. The Labute approximate surface area is 204 Å². The Morgan fingerprint density at radius 3 is 2.50 bits per heavy atom. The third-order valence-corrected chi connectivity index (χ3v) is 7.44. The maximum Gasteiger partial charge on any atom is 0.336 e. The molecule has 0 saturated heterocycles. The number of nitrogens with one attached hydrogen (secondary N) is 1. The van der Waals surface area contributed by atoms with Crippen LogP contribution in [0.25, 0.3) is 0 Å². The molecule has 6 heteroatoms. The van der Waals surface area contributed by atoms with Crippen LogP contribution < -0.4 is 5.32 Å². The van der Waals surface area contributed by atoms with E-state index in [2.05, 4.69) is 11.4 Å². The highest BCUT2D eigenvalue weighted by atomic mass is 35.5. The lowest BCUT2D eigenvalue weighted by Gasteiger charge is -2.39. The van der Waals surface area contributed by atoms with Crippen molar-refractivity contribution < 1.29 is 19.4 Å². The lowest BCUT2D eigenvalue weighted by atomic mass is 9.68. The van der Waals surface area contributed by atoms with Gasteiger partial charge in [-0.25, -0.2) is 4.79 Å². The van der Waals surface area contributed by atoms with Crippen molar-refractivity contribution in [1.29, 1.82) is 0 Å². The molecule has 3 aliphatic rings. The molecule has 2 aromatic rings. The molecule has 2 N–H and O–H groups in total. The average Bonchev–Trinajstić information content (AvgIpc) is 3.31. The van der Waals surface area contributed by atoms with E-state index >= 15 is 0 Å². The van der Waals surface area contributed by atoms with Crippen LogP contribution in [-0.2, 0) is 14.3 Å². The molecule has 176 valence electrons. The molecule has 0 spiro atoms. The standard InChI is InChI=1S/C28H28ClNO4/c1-16-25(28(33)34-22-7-2-3-8-22)26(18-5-4-6-21(31)13-18)27-23(30-16)14-19(15-24(27)32)17-9-11-20(29)12-10-17/h4-6,9-14,19,22,26-27,30-31H,2-3,7-8,15H2,1H3. The lowest BCUT2D eigenvalue weighted by molar-refractivity contribution is -0.144. The van der Waals surface area contributed by atoms with Gasteiger partial charge in [-0.2, -0.15) is 0 Å². The van der Waals surface area contributed by atoms with E-state index in [4.69, 9.17) is 16.3 Å². The first kappa shape index (κ1) is 22.7. The summed E-state index contributed by atoms with van der Waals surface area (Å²) in [5.41, 5.74) is 3.70. The third kappa shape index (κ3) is 4.37. The summed E-state index contributed by atoms with van der Waals surface area (Å²) < 4.78 is 5.88. The van der Waals surface area contributed by atoms with Crippen LogP contribution in [0.3, 0.4) is 0 Å². The van der Waals surface area contributed by atoms with Crippen molar-refractivity contribution in [3.8, 4) is 5.75 Å². The van der Waals surface area contributed by atoms with E-state index in [0.29, 0.717) is 22.7 Å². The van der Waals surface area contributed by atoms with Gasteiger partial charge >= 0.3 is 5.97 Å². The number of allylic oxidation sites excluding steroid dienone is 3. The Morgan fingerprint density at radius 1 is 1.06 bits per heavy atom. The molecule has 3 atom stereocenters. The second kappa shape index (κ2) is 9.30. The predicted octanol–water partition coefficient (Wildman–Crippen LogP) is 5.75. The van der Waals surface area contributed by atoms with Gasteiger partial charge in [0.25, 0.3) is 0 Å².